The number of aliphatic imine (C=N–C) groups is 2. The van der Waals surface area contributed by atoms with E-state index >= 15 is 0 Å². The van der Waals surface area contributed by atoms with Gasteiger partial charge in [0, 0.05) is 21.9 Å². The fraction of sp³-hybridized carbons (Fsp3) is 0.0182. The second-order valence-electron chi connectivity index (χ2n) is 15.0. The number of furan rings is 1. The van der Waals surface area contributed by atoms with E-state index in [1.54, 1.807) is 0 Å². The maximum atomic E-state index is 6.60. The van der Waals surface area contributed by atoms with Crippen LogP contribution in [0.4, 0.5) is 0 Å². The molecule has 10 aromatic rings. The molecule has 0 amide bonds. The fourth-order valence-electron chi connectivity index (χ4n) is 8.35. The van der Waals surface area contributed by atoms with Crippen LogP contribution in [0.5, 0.6) is 0 Å². The predicted octanol–water partition coefficient (Wildman–Crippen LogP) is 13.9. The molecule has 0 spiro atoms. The number of nitrogens with one attached hydrogen (secondary N) is 1. The first-order valence-electron chi connectivity index (χ1n) is 20.0. The van der Waals surface area contributed by atoms with Gasteiger partial charge in [-0.2, -0.15) is 0 Å². The molecule has 4 heteroatoms. The molecule has 0 bridgehead atoms. The molecule has 1 aliphatic rings. The van der Waals surface area contributed by atoms with Crippen molar-refractivity contribution in [2.75, 3.05) is 0 Å². The zero-order valence-corrected chi connectivity index (χ0v) is 32.1. The normalized spacial score (nSPS) is 13.9. The highest BCUT2D eigenvalue weighted by molar-refractivity contribution is 6.24. The summed E-state index contributed by atoms with van der Waals surface area (Å²) in [4.78, 5) is 10.5. The van der Waals surface area contributed by atoms with E-state index in [2.05, 4.69) is 193 Å². The third-order valence-electron chi connectivity index (χ3n) is 11.4. The lowest BCUT2D eigenvalue weighted by Gasteiger charge is -2.24. The molecule has 2 heterocycles. The maximum Gasteiger partial charge on any atom is 0.159 e. The van der Waals surface area contributed by atoms with Crippen molar-refractivity contribution in [3.05, 3.63) is 229 Å². The van der Waals surface area contributed by atoms with Gasteiger partial charge in [0.2, 0.25) is 0 Å². The minimum atomic E-state index is -0.335. The highest BCUT2D eigenvalue weighted by atomic mass is 16.3. The second-order valence-corrected chi connectivity index (χ2v) is 15.0. The molecule has 1 unspecified atom stereocenters. The molecule has 0 saturated carbocycles. The molecule has 59 heavy (non-hydrogen) atoms. The third kappa shape index (κ3) is 6.47. The van der Waals surface area contributed by atoms with Crippen molar-refractivity contribution in [1.29, 1.82) is 0 Å². The maximum absolute atomic E-state index is 6.60. The predicted molar refractivity (Wildman–Crippen MR) is 245 cm³/mol. The Balaban J connectivity index is 0.990. The molecule has 1 atom stereocenters. The Labute approximate surface area is 342 Å². The summed E-state index contributed by atoms with van der Waals surface area (Å²) in [5, 5.41) is 8.18. The van der Waals surface area contributed by atoms with Crippen molar-refractivity contribution >= 4 is 44.4 Å². The highest BCUT2D eigenvalue weighted by Crippen LogP contribution is 2.40. The van der Waals surface area contributed by atoms with Crippen LogP contribution in [0.25, 0.3) is 77.2 Å². The summed E-state index contributed by atoms with van der Waals surface area (Å²) in [6.07, 6.45) is -0.335. The molecular weight excluding hydrogens is 719 g/mol. The first kappa shape index (κ1) is 34.4. The Hall–Kier alpha value is -7.82. The fourth-order valence-corrected chi connectivity index (χ4v) is 8.35. The van der Waals surface area contributed by atoms with E-state index in [1.165, 1.54) is 33.0 Å². The van der Waals surface area contributed by atoms with Crippen LogP contribution in [-0.2, 0) is 0 Å². The lowest BCUT2D eigenvalue weighted by molar-refractivity contribution is 0.668. The van der Waals surface area contributed by atoms with Gasteiger partial charge in [-0.15, -0.1) is 0 Å². The number of nitrogens with zero attached hydrogens (tertiary/aromatic N) is 2. The summed E-state index contributed by atoms with van der Waals surface area (Å²) >= 11 is 0. The van der Waals surface area contributed by atoms with Crippen LogP contribution in [0.3, 0.4) is 0 Å². The van der Waals surface area contributed by atoms with Crippen LogP contribution >= 0.6 is 0 Å². The van der Waals surface area contributed by atoms with Crippen molar-refractivity contribution in [2.24, 2.45) is 9.98 Å². The smallest absolute Gasteiger partial charge is 0.159 e. The SMILES string of the molecule is c1ccc(-c2ccc(-c3ccc(C4=NC(c5ccccc5)NC(c5cccc6oc7cccc(-c8ccc9cc(-c%10ccccc%10)ccc9c8)c7c56)=N4)cc3)cc2)cc1. The average molecular weight is 756 g/mol. The molecule has 11 rings (SSSR count). The number of hydrogen-bond donors (Lipinski definition) is 1. The first-order valence-corrected chi connectivity index (χ1v) is 20.0. The van der Waals surface area contributed by atoms with Gasteiger partial charge in [0.1, 0.15) is 23.2 Å². The molecule has 0 saturated heterocycles. The third-order valence-corrected chi connectivity index (χ3v) is 11.4. The highest BCUT2D eigenvalue weighted by Gasteiger charge is 2.25. The van der Waals surface area contributed by atoms with Crippen LogP contribution < -0.4 is 5.32 Å². The Morgan fingerprint density at radius 2 is 0.831 bits per heavy atom. The Morgan fingerprint density at radius 3 is 1.44 bits per heavy atom. The van der Waals surface area contributed by atoms with E-state index in [9.17, 15) is 0 Å². The Bertz CT molecular complexity index is 3200. The summed E-state index contributed by atoms with van der Waals surface area (Å²) < 4.78 is 6.60. The molecular formula is C55H37N3O. The molecule has 0 aliphatic carbocycles. The van der Waals surface area contributed by atoms with Crippen LogP contribution in [0.1, 0.15) is 22.9 Å². The van der Waals surface area contributed by atoms with Gasteiger partial charge in [-0.3, -0.25) is 0 Å². The van der Waals surface area contributed by atoms with E-state index in [1.807, 2.05) is 24.3 Å². The Kier molecular flexibility index (Phi) is 8.52. The zero-order valence-electron chi connectivity index (χ0n) is 32.1. The number of fused-ring (bicyclic) bond motifs is 4. The van der Waals surface area contributed by atoms with Crippen LogP contribution in [0, 0.1) is 0 Å². The summed E-state index contributed by atoms with van der Waals surface area (Å²) in [6.45, 7) is 0. The number of benzene rings is 9. The van der Waals surface area contributed by atoms with Gasteiger partial charge in [-0.1, -0.05) is 188 Å². The lowest BCUT2D eigenvalue weighted by Crippen LogP contribution is -2.33. The second kappa shape index (κ2) is 14.6. The summed E-state index contributed by atoms with van der Waals surface area (Å²) in [6, 6.07) is 74.7. The molecule has 278 valence electrons. The minimum Gasteiger partial charge on any atom is -0.456 e. The largest absolute Gasteiger partial charge is 0.456 e. The van der Waals surface area contributed by atoms with E-state index in [0.29, 0.717) is 5.84 Å². The lowest BCUT2D eigenvalue weighted by atomic mass is 9.94. The molecule has 9 aromatic carbocycles. The van der Waals surface area contributed by atoms with Crippen LogP contribution in [-0.4, -0.2) is 11.7 Å². The van der Waals surface area contributed by atoms with Gasteiger partial charge in [-0.05, 0) is 85.1 Å². The number of amidine groups is 2. The van der Waals surface area contributed by atoms with Gasteiger partial charge in [0.15, 0.2) is 5.84 Å². The minimum absolute atomic E-state index is 0.335. The quantitative estimate of drug-likeness (QED) is 0.176. The molecule has 1 aliphatic heterocycles. The van der Waals surface area contributed by atoms with E-state index in [4.69, 9.17) is 14.4 Å². The standard InChI is InChI=1S/C55H37N3O/c1-4-12-36(13-5-1)38-22-24-39(25-23-38)40-26-28-42(29-27-40)54-56-53(41-16-8-3-9-17-41)57-55(58-54)48-19-11-21-50-52(48)51-47(18-10-20-49(51)59-50)46-33-32-44-34-43(30-31-45(44)35-46)37-14-6-2-7-15-37/h1-35,53H,(H,56,57,58). The van der Waals surface area contributed by atoms with Crippen LogP contribution in [0.15, 0.2) is 227 Å². The number of rotatable bonds is 7. The summed E-state index contributed by atoms with van der Waals surface area (Å²) in [7, 11) is 0. The molecule has 4 nitrogen and oxygen atoms in total. The van der Waals surface area contributed by atoms with E-state index in [-0.39, 0.29) is 6.17 Å². The van der Waals surface area contributed by atoms with Crippen molar-refractivity contribution < 1.29 is 4.42 Å². The monoisotopic (exact) mass is 755 g/mol. The van der Waals surface area contributed by atoms with Crippen LogP contribution in [0.2, 0.25) is 0 Å². The van der Waals surface area contributed by atoms with Gasteiger partial charge in [0.25, 0.3) is 0 Å². The molecule has 0 fully saturated rings. The van der Waals surface area contributed by atoms with E-state index < -0.39 is 0 Å². The Morgan fingerprint density at radius 1 is 0.373 bits per heavy atom. The first-order chi connectivity index (χ1) is 29.2. The molecule has 0 radical (unpaired) electrons. The number of hydrogen-bond acceptors (Lipinski definition) is 4. The summed E-state index contributed by atoms with van der Waals surface area (Å²) in [5.74, 6) is 1.42. The molecule has 1 N–H and O–H groups in total. The molecule has 1 aromatic heterocycles. The average Bonchev–Trinajstić information content (AvgIpc) is 3.71. The van der Waals surface area contributed by atoms with Crippen molar-refractivity contribution in [3.63, 3.8) is 0 Å². The van der Waals surface area contributed by atoms with Gasteiger partial charge < -0.3 is 9.73 Å². The van der Waals surface area contributed by atoms with Crippen molar-refractivity contribution in [2.45, 2.75) is 6.17 Å². The zero-order chi connectivity index (χ0) is 39.1. The topological polar surface area (TPSA) is 49.9 Å². The van der Waals surface area contributed by atoms with E-state index in [0.717, 1.165) is 66.7 Å². The van der Waals surface area contributed by atoms with Gasteiger partial charge >= 0.3 is 0 Å². The summed E-state index contributed by atoms with van der Waals surface area (Å²) in [5.41, 5.74) is 14.0. The van der Waals surface area contributed by atoms with Gasteiger partial charge in [-0.25, -0.2) is 9.98 Å². The van der Waals surface area contributed by atoms with Crippen molar-refractivity contribution in [3.8, 4) is 44.5 Å². The van der Waals surface area contributed by atoms with Gasteiger partial charge in [0.05, 0.1) is 0 Å². The van der Waals surface area contributed by atoms with Crippen molar-refractivity contribution in [1.82, 2.24) is 5.32 Å².